The van der Waals surface area contributed by atoms with Crippen LogP contribution in [0.5, 0.6) is 0 Å². The fourth-order valence-corrected chi connectivity index (χ4v) is 2.37. The molecule has 4 nitrogen and oxygen atoms in total. The number of benzene rings is 1. The van der Waals surface area contributed by atoms with E-state index in [1.807, 2.05) is 6.07 Å². The quantitative estimate of drug-likeness (QED) is 0.910. The number of nitriles is 1. The number of carbonyl (C=O) groups is 1. The predicted octanol–water partition coefficient (Wildman–Crippen LogP) is 3.56. The number of hydrogen-bond donors (Lipinski definition) is 1. The van der Waals surface area contributed by atoms with Gasteiger partial charge in [-0.15, -0.1) is 0 Å². The van der Waals surface area contributed by atoms with Crippen molar-refractivity contribution >= 4 is 39.1 Å². The van der Waals surface area contributed by atoms with Crippen LogP contribution in [0.2, 0.25) is 5.02 Å². The average Bonchev–Trinajstić information content (AvgIpc) is 2.71. The molecule has 0 bridgehead atoms. The van der Waals surface area contributed by atoms with Gasteiger partial charge in [-0.05, 0) is 40.2 Å². The molecule has 0 aliphatic rings. The zero-order valence-corrected chi connectivity index (χ0v) is 12.3. The number of nitrogens with zero attached hydrogens (tertiary/aromatic N) is 2. The van der Waals surface area contributed by atoms with E-state index in [1.54, 1.807) is 36.0 Å². The number of amides is 1. The zero-order chi connectivity index (χ0) is 14.0. The number of halogens is 2. The van der Waals surface area contributed by atoms with Gasteiger partial charge in [-0.25, -0.2) is 0 Å². The second-order valence-electron chi connectivity index (χ2n) is 3.92. The number of anilines is 1. The summed E-state index contributed by atoms with van der Waals surface area (Å²) >= 11 is 9.31. The van der Waals surface area contributed by atoms with Crippen molar-refractivity contribution in [2.45, 2.75) is 0 Å². The van der Waals surface area contributed by atoms with Crippen LogP contribution < -0.4 is 5.32 Å². The van der Waals surface area contributed by atoms with Gasteiger partial charge in [-0.2, -0.15) is 5.26 Å². The summed E-state index contributed by atoms with van der Waals surface area (Å²) in [4.78, 5) is 12.1. The highest BCUT2D eigenvalue weighted by molar-refractivity contribution is 9.10. The van der Waals surface area contributed by atoms with Crippen LogP contribution in [0.3, 0.4) is 0 Å². The third-order valence-electron chi connectivity index (χ3n) is 2.55. The Hall–Kier alpha value is -1.77. The molecule has 1 heterocycles. The molecule has 96 valence electrons. The molecule has 0 saturated carbocycles. The van der Waals surface area contributed by atoms with Crippen molar-refractivity contribution in [3.05, 3.63) is 51.2 Å². The highest BCUT2D eigenvalue weighted by Crippen LogP contribution is 2.24. The van der Waals surface area contributed by atoms with Gasteiger partial charge in [0, 0.05) is 17.7 Å². The van der Waals surface area contributed by atoms with E-state index < -0.39 is 0 Å². The van der Waals surface area contributed by atoms with Crippen molar-refractivity contribution in [2.75, 3.05) is 5.32 Å². The Balaban J connectivity index is 2.25. The summed E-state index contributed by atoms with van der Waals surface area (Å²) in [5.74, 6) is -0.264. The standard InChI is InChI=1S/C13H9BrClN3O/c1-18-7-9(14)5-12(18)13(19)17-11-3-2-8(6-16)4-10(11)15/h2-5,7H,1H3,(H,17,19). The van der Waals surface area contributed by atoms with Crippen LogP contribution in [-0.4, -0.2) is 10.5 Å². The Morgan fingerprint density at radius 2 is 2.21 bits per heavy atom. The molecular formula is C13H9BrClN3O. The van der Waals surface area contributed by atoms with Crippen LogP contribution in [-0.2, 0) is 7.05 Å². The predicted molar refractivity (Wildman–Crippen MR) is 77.2 cm³/mol. The van der Waals surface area contributed by atoms with Crippen molar-refractivity contribution in [3.8, 4) is 6.07 Å². The molecule has 2 rings (SSSR count). The van der Waals surface area contributed by atoms with Crippen LogP contribution in [0.25, 0.3) is 0 Å². The number of aromatic nitrogens is 1. The molecule has 1 N–H and O–H groups in total. The fourth-order valence-electron chi connectivity index (χ4n) is 1.62. The first-order chi connectivity index (χ1) is 9.01. The Morgan fingerprint density at radius 3 is 2.74 bits per heavy atom. The normalized spacial score (nSPS) is 10.0. The minimum Gasteiger partial charge on any atom is -0.345 e. The van der Waals surface area contributed by atoms with E-state index in [0.29, 0.717) is 22.0 Å². The Bertz CT molecular complexity index is 688. The second-order valence-corrected chi connectivity index (χ2v) is 5.24. The number of nitrogens with one attached hydrogen (secondary N) is 1. The first-order valence-corrected chi connectivity index (χ1v) is 6.51. The fraction of sp³-hybridized carbons (Fsp3) is 0.0769. The van der Waals surface area contributed by atoms with E-state index in [-0.39, 0.29) is 5.91 Å². The van der Waals surface area contributed by atoms with E-state index in [4.69, 9.17) is 16.9 Å². The maximum Gasteiger partial charge on any atom is 0.272 e. The number of hydrogen-bond acceptors (Lipinski definition) is 2. The lowest BCUT2D eigenvalue weighted by atomic mass is 10.2. The third kappa shape index (κ3) is 2.98. The number of rotatable bonds is 2. The van der Waals surface area contributed by atoms with E-state index in [2.05, 4.69) is 21.2 Å². The lowest BCUT2D eigenvalue weighted by Crippen LogP contribution is -2.15. The molecule has 0 radical (unpaired) electrons. The van der Waals surface area contributed by atoms with Crippen LogP contribution in [0.1, 0.15) is 16.1 Å². The van der Waals surface area contributed by atoms with E-state index >= 15 is 0 Å². The lowest BCUT2D eigenvalue weighted by Gasteiger charge is -2.07. The van der Waals surface area contributed by atoms with Crippen molar-refractivity contribution in [3.63, 3.8) is 0 Å². The largest absolute Gasteiger partial charge is 0.345 e. The van der Waals surface area contributed by atoms with Gasteiger partial charge in [0.1, 0.15) is 5.69 Å². The summed E-state index contributed by atoms with van der Waals surface area (Å²) in [6, 6.07) is 8.42. The Kier molecular flexibility index (Phi) is 3.93. The zero-order valence-electron chi connectivity index (χ0n) is 9.95. The molecule has 0 unspecified atom stereocenters. The van der Waals surface area contributed by atoms with Crippen molar-refractivity contribution in [1.82, 2.24) is 4.57 Å². The lowest BCUT2D eigenvalue weighted by molar-refractivity contribution is 0.101. The maximum absolute atomic E-state index is 12.1. The highest BCUT2D eigenvalue weighted by Gasteiger charge is 2.13. The van der Waals surface area contributed by atoms with Crippen LogP contribution in [0.4, 0.5) is 5.69 Å². The summed E-state index contributed by atoms with van der Waals surface area (Å²) in [6.45, 7) is 0. The van der Waals surface area contributed by atoms with E-state index in [0.717, 1.165) is 4.47 Å². The van der Waals surface area contributed by atoms with Gasteiger partial charge in [0.05, 0.1) is 22.3 Å². The molecule has 0 aliphatic heterocycles. The molecule has 0 saturated heterocycles. The SMILES string of the molecule is Cn1cc(Br)cc1C(=O)Nc1ccc(C#N)cc1Cl. The molecule has 1 amide bonds. The molecule has 0 fully saturated rings. The van der Waals surface area contributed by atoms with Crippen molar-refractivity contribution < 1.29 is 4.79 Å². The topological polar surface area (TPSA) is 57.8 Å². The smallest absolute Gasteiger partial charge is 0.272 e. The maximum atomic E-state index is 12.1. The van der Waals surface area contributed by atoms with Gasteiger partial charge >= 0.3 is 0 Å². The summed E-state index contributed by atoms with van der Waals surface area (Å²) in [5.41, 5.74) is 1.43. The van der Waals surface area contributed by atoms with Gasteiger partial charge in [-0.1, -0.05) is 11.6 Å². The molecule has 1 aromatic heterocycles. The number of carbonyl (C=O) groups excluding carboxylic acids is 1. The first kappa shape index (κ1) is 13.7. The summed E-state index contributed by atoms with van der Waals surface area (Å²) in [7, 11) is 1.78. The Labute approximate surface area is 123 Å². The monoisotopic (exact) mass is 337 g/mol. The summed E-state index contributed by atoms with van der Waals surface area (Å²) in [5, 5.41) is 11.8. The number of aryl methyl sites for hydroxylation is 1. The molecule has 0 spiro atoms. The molecule has 19 heavy (non-hydrogen) atoms. The molecular weight excluding hydrogens is 330 g/mol. The van der Waals surface area contributed by atoms with Crippen molar-refractivity contribution in [1.29, 1.82) is 5.26 Å². The Morgan fingerprint density at radius 1 is 1.47 bits per heavy atom. The van der Waals surface area contributed by atoms with Crippen LogP contribution in [0, 0.1) is 11.3 Å². The minimum absolute atomic E-state index is 0.264. The molecule has 0 atom stereocenters. The van der Waals surface area contributed by atoms with Gasteiger partial charge in [0.15, 0.2) is 0 Å². The van der Waals surface area contributed by atoms with Crippen LogP contribution >= 0.6 is 27.5 Å². The molecule has 0 aliphatic carbocycles. The molecule has 1 aromatic carbocycles. The van der Waals surface area contributed by atoms with E-state index in [9.17, 15) is 4.79 Å². The third-order valence-corrected chi connectivity index (χ3v) is 3.30. The molecule has 2 aromatic rings. The van der Waals surface area contributed by atoms with Gasteiger partial charge in [-0.3, -0.25) is 4.79 Å². The summed E-state index contributed by atoms with van der Waals surface area (Å²) < 4.78 is 2.53. The first-order valence-electron chi connectivity index (χ1n) is 5.34. The van der Waals surface area contributed by atoms with Gasteiger partial charge in [0.2, 0.25) is 0 Å². The second kappa shape index (κ2) is 5.47. The average molecular weight is 339 g/mol. The van der Waals surface area contributed by atoms with Gasteiger partial charge < -0.3 is 9.88 Å². The van der Waals surface area contributed by atoms with Crippen LogP contribution in [0.15, 0.2) is 34.9 Å². The minimum atomic E-state index is -0.264. The van der Waals surface area contributed by atoms with E-state index in [1.165, 1.54) is 6.07 Å². The highest BCUT2D eigenvalue weighted by atomic mass is 79.9. The van der Waals surface area contributed by atoms with Crippen molar-refractivity contribution in [2.24, 2.45) is 7.05 Å². The molecule has 6 heteroatoms. The summed E-state index contributed by atoms with van der Waals surface area (Å²) in [6.07, 6.45) is 1.79. The van der Waals surface area contributed by atoms with Gasteiger partial charge in [0.25, 0.3) is 5.91 Å².